The van der Waals surface area contributed by atoms with Crippen molar-refractivity contribution in [3.8, 4) is 0 Å². The molecule has 117 valence electrons. The summed E-state index contributed by atoms with van der Waals surface area (Å²) < 4.78 is 24.0. The van der Waals surface area contributed by atoms with E-state index in [9.17, 15) is 0 Å². The van der Waals surface area contributed by atoms with Gasteiger partial charge in [0.15, 0.2) is 16.6 Å². The largest absolute Gasteiger partial charge is 0.458 e. The van der Waals surface area contributed by atoms with Crippen LogP contribution in [0.5, 0.6) is 0 Å². The molecule has 5 radical (unpaired) electrons. The van der Waals surface area contributed by atoms with Gasteiger partial charge in [-0.15, -0.1) is 0 Å². The van der Waals surface area contributed by atoms with Crippen molar-refractivity contribution in [3.05, 3.63) is 0 Å². The molecule has 0 bridgehead atoms. The van der Waals surface area contributed by atoms with E-state index in [1.165, 1.54) is 0 Å². The van der Waals surface area contributed by atoms with Crippen LogP contribution in [0.1, 0.15) is 0 Å². The molecule has 0 saturated carbocycles. The molecule has 0 atom stereocenters. The lowest BCUT2D eigenvalue weighted by molar-refractivity contribution is 0.330. The third-order valence-electron chi connectivity index (χ3n) is 2.14. The number of rotatable bonds is 9. The van der Waals surface area contributed by atoms with Crippen LogP contribution in [-0.2, 0) is 16.5 Å². The summed E-state index contributed by atoms with van der Waals surface area (Å²) in [4.78, 5) is 0. The maximum atomic E-state index is 6.41. The van der Waals surface area contributed by atoms with Crippen LogP contribution in [0, 0.1) is 0 Å². The first-order chi connectivity index (χ1) is 8.68. The molecule has 20 heavy (non-hydrogen) atoms. The van der Waals surface area contributed by atoms with Crippen molar-refractivity contribution in [1.29, 1.82) is 0 Å². The summed E-state index contributed by atoms with van der Waals surface area (Å²) in [6.45, 7) is 19.6. The van der Waals surface area contributed by atoms with Crippen molar-refractivity contribution >= 4 is 54.0 Å². The van der Waals surface area contributed by atoms with E-state index in [1.807, 2.05) is 0 Å². The molecule has 0 heterocycles. The second kappa shape index (κ2) is 7.61. The Bertz CT molecular complexity index is 303. The number of hydrogen-bond acceptors (Lipinski definition) is 4. The molecule has 0 aliphatic carbocycles. The second-order valence-electron chi connectivity index (χ2n) is 7.40. The van der Waals surface area contributed by atoms with Gasteiger partial charge >= 0.3 is 17.1 Å². The minimum Gasteiger partial charge on any atom is -0.458 e. The lowest BCUT2D eigenvalue weighted by Crippen LogP contribution is -2.56. The summed E-state index contributed by atoms with van der Waals surface area (Å²) in [5.74, 6) is 0. The van der Waals surface area contributed by atoms with Gasteiger partial charge in [0.1, 0.15) is 0 Å². The molecular weight excluding hydrogens is 353 g/mol. The van der Waals surface area contributed by atoms with Gasteiger partial charge in [0.2, 0.25) is 20.2 Å². The zero-order chi connectivity index (χ0) is 16.2. The molecule has 0 aromatic heterocycles. The first-order valence-electron chi connectivity index (χ1n) is 6.84. The monoisotopic (exact) mass is 381 g/mol. The molecule has 0 aliphatic heterocycles. The van der Waals surface area contributed by atoms with Crippen LogP contribution in [-0.4, -0.2) is 54.0 Å². The normalized spacial score (nSPS) is 14.7. The van der Waals surface area contributed by atoms with Crippen LogP contribution in [0.4, 0.5) is 0 Å². The van der Waals surface area contributed by atoms with Crippen LogP contribution in [0.3, 0.4) is 0 Å². The predicted octanol–water partition coefficient (Wildman–Crippen LogP) is 3.16. The molecule has 4 nitrogen and oxygen atoms in total. The van der Waals surface area contributed by atoms with Gasteiger partial charge in [-0.05, 0) is 64.6 Å². The number of hydrogen-bond donors (Lipinski definition) is 0. The minimum absolute atomic E-state index is 0.435. The molecular formula is C10H29O4Si6. The first-order valence-corrected chi connectivity index (χ1v) is 20.5. The van der Waals surface area contributed by atoms with Gasteiger partial charge < -0.3 is 16.5 Å². The Morgan fingerprint density at radius 2 is 1.20 bits per heavy atom. The Balaban J connectivity index is 4.65. The van der Waals surface area contributed by atoms with E-state index >= 15 is 0 Å². The zero-order valence-corrected chi connectivity index (χ0v) is 20.3. The van der Waals surface area contributed by atoms with Gasteiger partial charge in [-0.3, -0.25) is 0 Å². The molecule has 0 rings (SSSR count). The summed E-state index contributed by atoms with van der Waals surface area (Å²) in [6.07, 6.45) is 0. The summed E-state index contributed by atoms with van der Waals surface area (Å²) in [5.41, 5.74) is 0.979. The van der Waals surface area contributed by atoms with Gasteiger partial charge in [-0.25, -0.2) is 0 Å². The van der Waals surface area contributed by atoms with Crippen molar-refractivity contribution in [2.75, 3.05) is 0 Å². The third kappa shape index (κ3) is 10.8. The van der Waals surface area contributed by atoms with E-state index in [0.717, 1.165) is 5.67 Å². The van der Waals surface area contributed by atoms with E-state index in [2.05, 4.69) is 69.4 Å². The summed E-state index contributed by atoms with van der Waals surface area (Å²) in [6, 6.07) is 0. The highest BCUT2D eigenvalue weighted by molar-refractivity contribution is 6.90. The molecule has 0 N–H and O–H groups in total. The SMILES string of the molecule is C[Si](C)(C)O[Si](C)(C)O[Si](C)(C)O[Si](C)(C)C[Si]O[Si]. The summed E-state index contributed by atoms with van der Waals surface area (Å²) >= 11 is 0. The van der Waals surface area contributed by atoms with Crippen LogP contribution < -0.4 is 0 Å². The maximum Gasteiger partial charge on any atom is 0.312 e. The highest BCUT2D eigenvalue weighted by atomic mass is 28.5. The Morgan fingerprint density at radius 3 is 1.60 bits per heavy atom. The molecule has 0 aliphatic rings. The van der Waals surface area contributed by atoms with Crippen molar-refractivity contribution < 1.29 is 16.5 Å². The van der Waals surface area contributed by atoms with E-state index < -0.39 is 33.8 Å². The maximum absolute atomic E-state index is 6.41. The van der Waals surface area contributed by atoms with E-state index in [1.54, 1.807) is 0 Å². The minimum atomic E-state index is -2.17. The Morgan fingerprint density at radius 1 is 0.750 bits per heavy atom. The Labute approximate surface area is 135 Å². The lowest BCUT2D eigenvalue weighted by atomic mass is 11.8. The average Bonchev–Trinajstić information content (AvgIpc) is 2.05. The molecule has 0 spiro atoms. The molecule has 0 aromatic rings. The van der Waals surface area contributed by atoms with Gasteiger partial charge in [0.25, 0.3) is 0 Å². The topological polar surface area (TPSA) is 36.9 Å². The smallest absolute Gasteiger partial charge is 0.312 e. The molecule has 0 amide bonds. The molecule has 0 saturated heterocycles. The Kier molecular flexibility index (Phi) is 8.04. The van der Waals surface area contributed by atoms with Crippen molar-refractivity contribution in [1.82, 2.24) is 0 Å². The highest BCUT2D eigenvalue weighted by Crippen LogP contribution is 2.24. The lowest BCUT2D eigenvalue weighted by Gasteiger charge is -2.40. The Hall–Kier alpha value is 1.14. The second-order valence-corrected chi connectivity index (χ2v) is 25.7. The van der Waals surface area contributed by atoms with Crippen molar-refractivity contribution in [2.45, 2.75) is 64.6 Å². The molecule has 0 fully saturated rings. The van der Waals surface area contributed by atoms with Gasteiger partial charge in [-0.2, -0.15) is 0 Å². The molecule has 0 aromatic carbocycles. The average molecular weight is 382 g/mol. The quantitative estimate of drug-likeness (QED) is 0.575. The van der Waals surface area contributed by atoms with Crippen LogP contribution >= 0.6 is 0 Å². The summed E-state index contributed by atoms with van der Waals surface area (Å²) in [7, 11) is -4.13. The van der Waals surface area contributed by atoms with Gasteiger partial charge in [-0.1, -0.05) is 0 Å². The van der Waals surface area contributed by atoms with Crippen LogP contribution in [0.2, 0.25) is 64.6 Å². The van der Waals surface area contributed by atoms with Gasteiger partial charge in [0, 0.05) is 0 Å². The van der Waals surface area contributed by atoms with Crippen LogP contribution in [0.25, 0.3) is 0 Å². The first kappa shape index (κ1) is 21.1. The molecule has 0 unspecified atom stereocenters. The molecule has 10 heteroatoms. The highest BCUT2D eigenvalue weighted by Gasteiger charge is 2.42. The van der Waals surface area contributed by atoms with Crippen molar-refractivity contribution in [2.24, 2.45) is 0 Å². The standard InChI is InChI=1S/C10H29O4Si6/c1-17(2,3)12-19(6,7)14-20(8,9)13-18(4,5)10-16-11-15/h10H2,1-9H3. The fraction of sp³-hybridized carbons (Fsp3) is 1.00. The zero-order valence-electron chi connectivity index (χ0n) is 14.3. The van der Waals surface area contributed by atoms with E-state index in [0.29, 0.717) is 9.76 Å². The fourth-order valence-electron chi connectivity index (χ4n) is 2.28. The summed E-state index contributed by atoms with van der Waals surface area (Å²) in [5, 5.41) is 0. The van der Waals surface area contributed by atoms with Crippen LogP contribution in [0.15, 0.2) is 0 Å². The van der Waals surface area contributed by atoms with E-state index in [-0.39, 0.29) is 0 Å². The fourth-order valence-corrected chi connectivity index (χ4v) is 22.6. The van der Waals surface area contributed by atoms with Crippen molar-refractivity contribution in [3.63, 3.8) is 0 Å². The van der Waals surface area contributed by atoms with Gasteiger partial charge in [0.05, 0.1) is 0 Å². The third-order valence-corrected chi connectivity index (χ3v) is 19.2. The van der Waals surface area contributed by atoms with E-state index in [4.69, 9.17) is 16.5 Å². The predicted molar refractivity (Wildman–Crippen MR) is 96.4 cm³/mol.